The van der Waals surface area contributed by atoms with Crippen LogP contribution in [0.15, 0.2) is 23.7 Å². The van der Waals surface area contributed by atoms with Gasteiger partial charge in [0.15, 0.2) is 12.2 Å². The summed E-state index contributed by atoms with van der Waals surface area (Å²) in [4.78, 5) is 38.4. The maximum Gasteiger partial charge on any atom is 0.509 e. The number of hydrogen-bond donors (Lipinski definition) is 1. The molecule has 2 saturated heterocycles. The zero-order valence-corrected chi connectivity index (χ0v) is 20.8. The van der Waals surface area contributed by atoms with Crippen LogP contribution in [0.1, 0.15) is 52.7 Å². The Morgan fingerprint density at radius 1 is 1.09 bits per heavy atom. The number of esters is 2. The summed E-state index contributed by atoms with van der Waals surface area (Å²) in [5.41, 5.74) is 0.545. The Morgan fingerprint density at radius 3 is 2.29 bits per heavy atom. The molecule has 35 heavy (non-hydrogen) atoms. The fourth-order valence-electron chi connectivity index (χ4n) is 4.03. The van der Waals surface area contributed by atoms with Crippen LogP contribution in [0, 0.1) is 5.41 Å². The lowest BCUT2D eigenvalue weighted by Gasteiger charge is -2.29. The third-order valence-electron chi connectivity index (χ3n) is 5.68. The summed E-state index contributed by atoms with van der Waals surface area (Å²) in [5.74, 6) is -1.32. The molecule has 0 aliphatic carbocycles. The summed E-state index contributed by atoms with van der Waals surface area (Å²) < 4.78 is 27.2. The fourth-order valence-corrected chi connectivity index (χ4v) is 4.03. The molecule has 0 saturated carbocycles. The largest absolute Gasteiger partial charge is 0.509 e. The van der Waals surface area contributed by atoms with Crippen molar-refractivity contribution in [2.75, 3.05) is 18.0 Å². The van der Waals surface area contributed by atoms with E-state index >= 15 is 0 Å². The van der Waals surface area contributed by atoms with Crippen molar-refractivity contribution < 1.29 is 43.2 Å². The smallest absolute Gasteiger partial charge is 0.508 e. The lowest BCUT2D eigenvalue weighted by atomic mass is 9.97. The molecule has 3 aliphatic rings. The van der Waals surface area contributed by atoms with Gasteiger partial charge in [-0.1, -0.05) is 0 Å². The first-order valence-electron chi connectivity index (χ1n) is 11.5. The van der Waals surface area contributed by atoms with Crippen LogP contribution in [-0.4, -0.2) is 54.1 Å². The Morgan fingerprint density at radius 2 is 1.71 bits per heavy atom. The van der Waals surface area contributed by atoms with Gasteiger partial charge in [0.2, 0.25) is 5.76 Å². The molecule has 1 aromatic carbocycles. The van der Waals surface area contributed by atoms with Gasteiger partial charge >= 0.3 is 18.1 Å². The van der Waals surface area contributed by atoms with E-state index in [1.807, 2.05) is 11.0 Å². The molecular weight excluding hydrogens is 458 g/mol. The molecule has 0 amide bonds. The summed E-state index contributed by atoms with van der Waals surface area (Å²) in [6.45, 7) is 11.2. The van der Waals surface area contributed by atoms with Gasteiger partial charge in [0.1, 0.15) is 23.7 Å². The minimum Gasteiger partial charge on any atom is -0.508 e. The van der Waals surface area contributed by atoms with Crippen molar-refractivity contribution in [3.8, 4) is 5.75 Å². The van der Waals surface area contributed by atoms with Crippen molar-refractivity contribution in [3.63, 3.8) is 0 Å². The Labute approximate surface area is 203 Å². The second-order valence-corrected chi connectivity index (χ2v) is 10.9. The topological polar surface area (TPSA) is 121 Å². The second kappa shape index (κ2) is 8.66. The average molecular weight is 490 g/mol. The van der Waals surface area contributed by atoms with E-state index in [-0.39, 0.29) is 30.5 Å². The van der Waals surface area contributed by atoms with Crippen LogP contribution in [0.25, 0.3) is 0 Å². The standard InChI is InChI=1S/C25H31NO9/c1-24(2,3)22(29)31-12-13-7-15(26-10-18-19(11-26)34-23(30)33-18)14-9-16(27)20(32-17(14)8-13)21(28)35-25(4,5)6/h7-8,18-19,27H,9-12H2,1-6H3/t18-,19+. The van der Waals surface area contributed by atoms with Gasteiger partial charge in [-0.15, -0.1) is 0 Å². The normalized spacial score (nSPS) is 21.5. The van der Waals surface area contributed by atoms with Crippen molar-refractivity contribution in [2.45, 2.75) is 72.4 Å². The number of rotatable bonds is 4. The van der Waals surface area contributed by atoms with E-state index in [9.17, 15) is 19.5 Å². The van der Waals surface area contributed by atoms with Crippen LogP contribution in [-0.2, 0) is 41.6 Å². The highest BCUT2D eigenvalue weighted by Crippen LogP contribution is 2.41. The van der Waals surface area contributed by atoms with Crippen LogP contribution < -0.4 is 9.64 Å². The molecule has 1 aromatic rings. The van der Waals surface area contributed by atoms with Gasteiger partial charge < -0.3 is 33.7 Å². The molecule has 0 radical (unpaired) electrons. The van der Waals surface area contributed by atoms with Gasteiger partial charge in [-0.25, -0.2) is 9.59 Å². The van der Waals surface area contributed by atoms with Gasteiger partial charge in [0.25, 0.3) is 0 Å². The molecule has 0 unspecified atom stereocenters. The molecular formula is C25H31NO9. The maximum absolute atomic E-state index is 12.6. The van der Waals surface area contributed by atoms with Crippen LogP contribution >= 0.6 is 0 Å². The third kappa shape index (κ3) is 5.31. The average Bonchev–Trinajstić information content (AvgIpc) is 3.26. The minimum atomic E-state index is -0.775. The number of hydrogen-bond acceptors (Lipinski definition) is 10. The number of aliphatic hydroxyl groups excluding tert-OH is 1. The zero-order chi connectivity index (χ0) is 25.7. The van der Waals surface area contributed by atoms with E-state index in [4.69, 9.17) is 23.7 Å². The van der Waals surface area contributed by atoms with Gasteiger partial charge in [-0.2, -0.15) is 0 Å². The molecule has 190 valence electrons. The lowest BCUT2D eigenvalue weighted by molar-refractivity contribution is -0.154. The SMILES string of the molecule is CC(C)(C)OC(=O)C1=C(O)Cc2c(cc(COC(=O)C(C)(C)C)cc2N2C[C@@H]3OC(=O)O[C@@H]3C2)O1. The number of fused-ring (bicyclic) bond motifs is 2. The summed E-state index contributed by atoms with van der Waals surface area (Å²) >= 11 is 0. The maximum atomic E-state index is 12.6. The van der Waals surface area contributed by atoms with Crippen LogP contribution in [0.5, 0.6) is 5.75 Å². The van der Waals surface area contributed by atoms with E-state index in [1.165, 1.54) is 0 Å². The highest BCUT2D eigenvalue weighted by Gasteiger charge is 2.45. The number of anilines is 1. The van der Waals surface area contributed by atoms with Gasteiger partial charge in [-0.3, -0.25) is 4.79 Å². The van der Waals surface area contributed by atoms with Crippen molar-refractivity contribution in [1.82, 2.24) is 0 Å². The van der Waals surface area contributed by atoms with Crippen LogP contribution in [0.3, 0.4) is 0 Å². The summed E-state index contributed by atoms with van der Waals surface area (Å²) in [6, 6.07) is 3.52. The Hall–Kier alpha value is -3.43. The van der Waals surface area contributed by atoms with Crippen molar-refractivity contribution in [3.05, 3.63) is 34.8 Å². The van der Waals surface area contributed by atoms with E-state index in [0.29, 0.717) is 35.7 Å². The fraction of sp³-hybridized carbons (Fsp3) is 0.560. The second-order valence-electron chi connectivity index (χ2n) is 10.9. The molecule has 3 heterocycles. The van der Waals surface area contributed by atoms with Crippen LogP contribution in [0.4, 0.5) is 10.5 Å². The number of ether oxygens (including phenoxy) is 5. The number of allylic oxidation sites excluding steroid dienone is 1. The molecule has 10 nitrogen and oxygen atoms in total. The zero-order valence-electron chi connectivity index (χ0n) is 20.8. The molecule has 0 aromatic heterocycles. The number of aliphatic hydroxyl groups is 1. The predicted molar refractivity (Wildman–Crippen MR) is 123 cm³/mol. The number of carbonyl (C=O) groups excluding carboxylic acids is 3. The molecule has 0 spiro atoms. The molecule has 1 N–H and O–H groups in total. The molecule has 10 heteroatoms. The quantitative estimate of drug-likeness (QED) is 0.496. The summed E-state index contributed by atoms with van der Waals surface area (Å²) in [7, 11) is 0. The van der Waals surface area contributed by atoms with E-state index in [0.717, 1.165) is 0 Å². The molecule has 2 fully saturated rings. The predicted octanol–water partition coefficient (Wildman–Crippen LogP) is 3.55. The van der Waals surface area contributed by atoms with Crippen LogP contribution in [0.2, 0.25) is 0 Å². The first-order chi connectivity index (χ1) is 16.2. The van der Waals surface area contributed by atoms with Crippen molar-refractivity contribution in [2.24, 2.45) is 5.41 Å². The van der Waals surface area contributed by atoms with E-state index < -0.39 is 35.3 Å². The number of benzene rings is 1. The molecule has 0 bridgehead atoms. The summed E-state index contributed by atoms with van der Waals surface area (Å²) in [6.07, 6.45) is -1.47. The Bertz CT molecular complexity index is 1080. The van der Waals surface area contributed by atoms with Gasteiger partial charge in [-0.05, 0) is 59.2 Å². The summed E-state index contributed by atoms with van der Waals surface area (Å²) in [5, 5.41) is 10.7. The number of carbonyl (C=O) groups is 3. The molecule has 2 atom stereocenters. The van der Waals surface area contributed by atoms with Gasteiger partial charge in [0.05, 0.1) is 18.5 Å². The first kappa shape index (κ1) is 24.7. The molecule has 4 rings (SSSR count). The Kier molecular flexibility index (Phi) is 6.11. The molecule has 3 aliphatic heterocycles. The van der Waals surface area contributed by atoms with E-state index in [1.54, 1.807) is 47.6 Å². The van der Waals surface area contributed by atoms with Gasteiger partial charge in [0, 0.05) is 17.7 Å². The minimum absolute atomic E-state index is 0.0105. The van der Waals surface area contributed by atoms with E-state index in [2.05, 4.69) is 0 Å². The highest BCUT2D eigenvalue weighted by atomic mass is 16.8. The third-order valence-corrected chi connectivity index (χ3v) is 5.68. The lowest BCUT2D eigenvalue weighted by Crippen LogP contribution is -2.30. The highest BCUT2D eigenvalue weighted by molar-refractivity contribution is 5.88. The number of nitrogens with zero attached hydrogens (tertiary/aromatic N) is 1. The first-order valence-corrected chi connectivity index (χ1v) is 11.5. The monoisotopic (exact) mass is 489 g/mol. The van der Waals surface area contributed by atoms with Crippen molar-refractivity contribution in [1.29, 1.82) is 0 Å². The Balaban J connectivity index is 1.65. The van der Waals surface area contributed by atoms with Crippen molar-refractivity contribution >= 4 is 23.8 Å².